The van der Waals surface area contributed by atoms with Crippen molar-refractivity contribution in [2.45, 2.75) is 25.9 Å². The van der Waals surface area contributed by atoms with Gasteiger partial charge in [-0.25, -0.2) is 4.79 Å². The van der Waals surface area contributed by atoms with Gasteiger partial charge in [0.15, 0.2) is 6.10 Å². The summed E-state index contributed by atoms with van der Waals surface area (Å²) >= 11 is 0. The molecule has 0 saturated carbocycles. The molecule has 1 saturated heterocycles. The Morgan fingerprint density at radius 2 is 1.47 bits per heavy atom. The summed E-state index contributed by atoms with van der Waals surface area (Å²) in [6.45, 7) is 1.42. The van der Waals surface area contributed by atoms with Crippen molar-refractivity contribution in [1.29, 1.82) is 0 Å². The van der Waals surface area contributed by atoms with Gasteiger partial charge in [0.1, 0.15) is 0 Å². The lowest BCUT2D eigenvalue weighted by atomic mass is 10.2. The minimum absolute atomic E-state index is 0.167. The van der Waals surface area contributed by atoms with Crippen molar-refractivity contribution in [3.8, 4) is 0 Å². The number of carbonyl (C=O) groups is 5. The van der Waals surface area contributed by atoms with Crippen molar-refractivity contribution in [3.05, 3.63) is 59.7 Å². The molecule has 30 heavy (non-hydrogen) atoms. The van der Waals surface area contributed by atoms with Gasteiger partial charge >= 0.3 is 5.97 Å². The van der Waals surface area contributed by atoms with E-state index in [1.54, 1.807) is 0 Å². The summed E-state index contributed by atoms with van der Waals surface area (Å²) in [6.07, 6.45) is -0.754. The number of benzene rings is 2. The van der Waals surface area contributed by atoms with Gasteiger partial charge in [-0.3, -0.25) is 24.1 Å². The zero-order chi connectivity index (χ0) is 21.8. The Morgan fingerprint density at radius 3 is 2.00 bits per heavy atom. The second-order valence-corrected chi connectivity index (χ2v) is 6.65. The fraction of sp³-hybridized carbons (Fsp3) is 0.190. The van der Waals surface area contributed by atoms with Crippen molar-refractivity contribution >= 4 is 41.0 Å². The number of primary amides is 1. The quantitative estimate of drug-likeness (QED) is 0.550. The van der Waals surface area contributed by atoms with Crippen LogP contribution in [-0.2, 0) is 19.1 Å². The summed E-state index contributed by atoms with van der Waals surface area (Å²) in [5.41, 5.74) is 6.42. The molecule has 1 aliphatic heterocycles. The number of nitrogens with zero attached hydrogens (tertiary/aromatic N) is 1. The Bertz CT molecular complexity index is 998. The zero-order valence-corrected chi connectivity index (χ0v) is 16.1. The first kappa shape index (κ1) is 20.7. The molecular formula is C21H19N3O6. The molecule has 2 aromatic carbocycles. The number of rotatable bonds is 6. The van der Waals surface area contributed by atoms with E-state index in [4.69, 9.17) is 10.5 Å². The van der Waals surface area contributed by atoms with E-state index in [0.29, 0.717) is 16.9 Å². The van der Waals surface area contributed by atoms with Crippen LogP contribution < -0.4 is 16.0 Å². The average Bonchev–Trinajstić information content (AvgIpc) is 3.06. The minimum atomic E-state index is -1.09. The molecular weight excluding hydrogens is 390 g/mol. The van der Waals surface area contributed by atoms with E-state index in [9.17, 15) is 24.0 Å². The first-order chi connectivity index (χ1) is 14.3. The summed E-state index contributed by atoms with van der Waals surface area (Å²) in [6, 6.07) is 11.7. The van der Waals surface area contributed by atoms with E-state index >= 15 is 0 Å². The highest BCUT2D eigenvalue weighted by Gasteiger charge is 2.30. The lowest BCUT2D eigenvalue weighted by molar-refractivity contribution is -0.124. The number of nitrogens with two attached hydrogens (primary N) is 1. The van der Waals surface area contributed by atoms with E-state index in [2.05, 4.69) is 5.32 Å². The maximum atomic E-state index is 12.3. The Hall–Kier alpha value is -4.01. The normalized spacial score (nSPS) is 14.4. The Labute approximate surface area is 171 Å². The molecule has 0 spiro atoms. The highest BCUT2D eigenvalue weighted by atomic mass is 16.5. The topological polar surface area (TPSA) is 136 Å². The summed E-state index contributed by atoms with van der Waals surface area (Å²) in [5.74, 6) is -2.44. The summed E-state index contributed by atoms with van der Waals surface area (Å²) in [5, 5.41) is 2.57. The van der Waals surface area contributed by atoms with Crippen LogP contribution in [0.2, 0.25) is 0 Å². The van der Waals surface area contributed by atoms with Crippen LogP contribution >= 0.6 is 0 Å². The van der Waals surface area contributed by atoms with E-state index in [0.717, 1.165) is 4.90 Å². The summed E-state index contributed by atoms with van der Waals surface area (Å²) < 4.78 is 5.17. The van der Waals surface area contributed by atoms with Gasteiger partial charge in [0.05, 0.1) is 11.3 Å². The second-order valence-electron chi connectivity index (χ2n) is 6.65. The first-order valence-corrected chi connectivity index (χ1v) is 9.14. The molecule has 1 fully saturated rings. The lowest BCUT2D eigenvalue weighted by Gasteiger charge is -2.15. The van der Waals surface area contributed by atoms with Crippen LogP contribution in [0.15, 0.2) is 48.5 Å². The molecule has 0 radical (unpaired) electrons. The SMILES string of the molecule is CC(OC(=O)c1ccc(N2C(=O)CCC2=O)cc1)C(=O)Nc1ccc(C(N)=O)cc1. The van der Waals surface area contributed by atoms with E-state index in [1.165, 1.54) is 55.5 Å². The van der Waals surface area contributed by atoms with E-state index in [-0.39, 0.29) is 30.2 Å². The van der Waals surface area contributed by atoms with Crippen LogP contribution in [0, 0.1) is 0 Å². The van der Waals surface area contributed by atoms with Crippen LogP contribution in [0.3, 0.4) is 0 Å². The molecule has 0 aliphatic carbocycles. The molecule has 1 aliphatic rings. The van der Waals surface area contributed by atoms with Crippen molar-refractivity contribution in [2.75, 3.05) is 10.2 Å². The number of amides is 4. The van der Waals surface area contributed by atoms with Gasteiger partial charge in [-0.05, 0) is 55.5 Å². The fourth-order valence-electron chi connectivity index (χ4n) is 2.85. The van der Waals surface area contributed by atoms with Crippen LogP contribution in [0.5, 0.6) is 0 Å². The van der Waals surface area contributed by atoms with Crippen LogP contribution in [0.1, 0.15) is 40.5 Å². The number of nitrogens with one attached hydrogen (secondary N) is 1. The third-order valence-electron chi connectivity index (χ3n) is 4.50. The van der Waals surface area contributed by atoms with Gasteiger partial charge < -0.3 is 15.8 Å². The molecule has 0 bridgehead atoms. The smallest absolute Gasteiger partial charge is 0.338 e. The number of ether oxygens (including phenoxy) is 1. The Balaban J connectivity index is 1.59. The molecule has 1 unspecified atom stereocenters. The second kappa shape index (κ2) is 8.56. The molecule has 1 heterocycles. The maximum absolute atomic E-state index is 12.3. The number of carbonyl (C=O) groups excluding carboxylic acids is 5. The number of esters is 1. The Morgan fingerprint density at radius 1 is 0.933 bits per heavy atom. The van der Waals surface area contributed by atoms with E-state index in [1.807, 2.05) is 0 Å². The van der Waals surface area contributed by atoms with Gasteiger partial charge in [0, 0.05) is 24.1 Å². The Kier molecular flexibility index (Phi) is 5.91. The lowest BCUT2D eigenvalue weighted by Crippen LogP contribution is -2.30. The predicted molar refractivity (Wildman–Crippen MR) is 107 cm³/mol. The molecule has 2 aromatic rings. The van der Waals surface area contributed by atoms with Gasteiger partial charge in [0.2, 0.25) is 17.7 Å². The van der Waals surface area contributed by atoms with Crippen LogP contribution in [0.25, 0.3) is 0 Å². The van der Waals surface area contributed by atoms with Crippen molar-refractivity contribution < 1.29 is 28.7 Å². The number of hydrogen-bond donors (Lipinski definition) is 2. The number of anilines is 2. The first-order valence-electron chi connectivity index (χ1n) is 9.14. The van der Waals surface area contributed by atoms with Crippen molar-refractivity contribution in [1.82, 2.24) is 0 Å². The fourth-order valence-corrected chi connectivity index (χ4v) is 2.85. The third-order valence-corrected chi connectivity index (χ3v) is 4.50. The standard InChI is InChI=1S/C21H19N3O6/c1-12(20(28)23-15-6-2-13(3-7-15)19(22)27)30-21(29)14-4-8-16(9-5-14)24-17(25)10-11-18(24)26/h2-9,12H,10-11H2,1H3,(H2,22,27)(H,23,28). The van der Waals surface area contributed by atoms with E-state index < -0.39 is 23.9 Å². The largest absolute Gasteiger partial charge is 0.449 e. The summed E-state index contributed by atoms with van der Waals surface area (Å²) in [4.78, 5) is 60.2. The third kappa shape index (κ3) is 4.52. The monoisotopic (exact) mass is 409 g/mol. The number of imide groups is 1. The van der Waals surface area contributed by atoms with Crippen molar-refractivity contribution in [2.24, 2.45) is 5.73 Å². The molecule has 9 nitrogen and oxygen atoms in total. The molecule has 1 atom stereocenters. The highest BCUT2D eigenvalue weighted by molar-refractivity contribution is 6.19. The van der Waals surface area contributed by atoms with Gasteiger partial charge in [-0.2, -0.15) is 0 Å². The molecule has 0 aromatic heterocycles. The molecule has 3 rings (SSSR count). The van der Waals surface area contributed by atoms with Crippen LogP contribution in [0.4, 0.5) is 11.4 Å². The molecule has 154 valence electrons. The van der Waals surface area contributed by atoms with Crippen LogP contribution in [-0.4, -0.2) is 35.7 Å². The van der Waals surface area contributed by atoms with Gasteiger partial charge in [-0.1, -0.05) is 0 Å². The zero-order valence-electron chi connectivity index (χ0n) is 16.1. The van der Waals surface area contributed by atoms with Gasteiger partial charge in [-0.15, -0.1) is 0 Å². The highest BCUT2D eigenvalue weighted by Crippen LogP contribution is 2.23. The van der Waals surface area contributed by atoms with Crippen molar-refractivity contribution in [3.63, 3.8) is 0 Å². The predicted octanol–water partition coefficient (Wildman–Crippen LogP) is 1.62. The summed E-state index contributed by atoms with van der Waals surface area (Å²) in [7, 11) is 0. The molecule has 4 amide bonds. The van der Waals surface area contributed by atoms with Gasteiger partial charge in [0.25, 0.3) is 5.91 Å². The average molecular weight is 409 g/mol. The minimum Gasteiger partial charge on any atom is -0.449 e. The molecule has 3 N–H and O–H groups in total. The molecule has 9 heteroatoms. The maximum Gasteiger partial charge on any atom is 0.338 e. The number of hydrogen-bond acceptors (Lipinski definition) is 6.